The number of aromatic amines is 1. The largest absolute Gasteiger partial charge is 0.493 e. The second kappa shape index (κ2) is 7.78. The molecule has 0 amide bonds. The lowest BCUT2D eigenvalue weighted by Gasteiger charge is -2.28. The van der Waals surface area contributed by atoms with Crippen LogP contribution in [0.25, 0.3) is 0 Å². The number of carbonyl (C=O) groups is 1. The third kappa shape index (κ3) is 3.67. The van der Waals surface area contributed by atoms with Gasteiger partial charge in [0.05, 0.1) is 12.8 Å². The van der Waals surface area contributed by atoms with Crippen molar-refractivity contribution >= 4 is 5.97 Å². The van der Waals surface area contributed by atoms with E-state index in [4.69, 9.17) is 9.47 Å². The van der Waals surface area contributed by atoms with E-state index < -0.39 is 12.1 Å². The molecule has 1 aliphatic heterocycles. The first kappa shape index (κ1) is 18.3. The van der Waals surface area contributed by atoms with E-state index in [1.807, 2.05) is 12.1 Å². The van der Waals surface area contributed by atoms with Crippen LogP contribution in [0.15, 0.2) is 18.2 Å². The lowest BCUT2D eigenvalue weighted by molar-refractivity contribution is -0.144. The minimum Gasteiger partial charge on any atom is -0.493 e. The Kier molecular flexibility index (Phi) is 5.46. The summed E-state index contributed by atoms with van der Waals surface area (Å²) in [5, 5.41) is 16.7. The highest BCUT2D eigenvalue weighted by molar-refractivity contribution is 5.72. The molecule has 2 N–H and O–H groups in total. The van der Waals surface area contributed by atoms with E-state index in [-0.39, 0.29) is 0 Å². The Labute approximate surface area is 152 Å². The number of aryl methyl sites for hydroxylation is 1. The number of rotatable bonds is 7. The van der Waals surface area contributed by atoms with E-state index in [1.54, 1.807) is 13.2 Å². The van der Waals surface area contributed by atoms with Crippen LogP contribution in [0.2, 0.25) is 0 Å². The lowest BCUT2D eigenvalue weighted by atomic mass is 10.0. The number of methoxy groups -OCH3 is 1. The molecule has 1 aromatic heterocycles. The predicted octanol–water partition coefficient (Wildman–Crippen LogP) is 2.39. The molecule has 26 heavy (non-hydrogen) atoms. The quantitative estimate of drug-likeness (QED) is 0.789. The molecule has 2 heterocycles. The maximum absolute atomic E-state index is 11.2. The number of benzene rings is 1. The van der Waals surface area contributed by atoms with Crippen LogP contribution in [0.4, 0.5) is 0 Å². The monoisotopic (exact) mass is 359 g/mol. The molecule has 0 radical (unpaired) electrons. The highest BCUT2D eigenvalue weighted by atomic mass is 16.5. The number of H-pyrrole nitrogens is 1. The fourth-order valence-corrected chi connectivity index (χ4v) is 3.29. The molecule has 0 saturated heterocycles. The van der Waals surface area contributed by atoms with Gasteiger partial charge in [-0.3, -0.25) is 10.00 Å². The van der Waals surface area contributed by atoms with Crippen molar-refractivity contribution in [3.63, 3.8) is 0 Å². The van der Waals surface area contributed by atoms with Crippen LogP contribution in [-0.2, 0) is 30.7 Å². The fraction of sp³-hybridized carbons (Fsp3) is 0.474. The molecule has 0 fully saturated rings. The zero-order valence-corrected chi connectivity index (χ0v) is 15.4. The van der Waals surface area contributed by atoms with Crippen molar-refractivity contribution in [1.82, 2.24) is 15.1 Å². The van der Waals surface area contributed by atoms with Crippen LogP contribution >= 0.6 is 0 Å². The Morgan fingerprint density at radius 3 is 2.96 bits per heavy atom. The normalized spacial score (nSPS) is 15.3. The minimum atomic E-state index is -1.00. The summed E-state index contributed by atoms with van der Waals surface area (Å²) in [6.45, 7) is 6.01. The number of nitrogens with zero attached hydrogens (tertiary/aromatic N) is 2. The number of aliphatic carboxylic acids is 1. The molecule has 0 saturated carbocycles. The average Bonchev–Trinajstić information content (AvgIpc) is 3.05. The SMILES string of the molecule is CCc1n[nH]c2c1CN(Cc1cccc(OC)c1OC(C)C(=O)O)CC2. The van der Waals surface area contributed by atoms with Gasteiger partial charge in [-0.25, -0.2) is 4.79 Å². The first-order valence-electron chi connectivity index (χ1n) is 8.86. The first-order valence-corrected chi connectivity index (χ1v) is 8.86. The molecule has 7 heteroatoms. The topological polar surface area (TPSA) is 87.7 Å². The van der Waals surface area contributed by atoms with Crippen molar-refractivity contribution in [1.29, 1.82) is 0 Å². The lowest BCUT2D eigenvalue weighted by Crippen LogP contribution is -2.31. The number of ether oxygens (including phenoxy) is 2. The Hall–Kier alpha value is -2.54. The smallest absolute Gasteiger partial charge is 0.344 e. The Morgan fingerprint density at radius 2 is 2.27 bits per heavy atom. The molecule has 1 aliphatic rings. The van der Waals surface area contributed by atoms with E-state index in [0.29, 0.717) is 18.0 Å². The van der Waals surface area contributed by atoms with Crippen molar-refractivity contribution < 1.29 is 19.4 Å². The Balaban J connectivity index is 1.82. The van der Waals surface area contributed by atoms with E-state index >= 15 is 0 Å². The molecule has 1 unspecified atom stereocenters. The van der Waals surface area contributed by atoms with Gasteiger partial charge in [0.1, 0.15) is 0 Å². The maximum Gasteiger partial charge on any atom is 0.344 e. The summed E-state index contributed by atoms with van der Waals surface area (Å²) in [6, 6.07) is 5.64. The van der Waals surface area contributed by atoms with Crippen molar-refractivity contribution in [3.05, 3.63) is 40.7 Å². The summed E-state index contributed by atoms with van der Waals surface area (Å²) >= 11 is 0. The number of para-hydroxylation sites is 1. The van der Waals surface area contributed by atoms with Crippen LogP contribution in [0, 0.1) is 0 Å². The summed E-state index contributed by atoms with van der Waals surface area (Å²) < 4.78 is 11.1. The van der Waals surface area contributed by atoms with E-state index in [0.717, 1.165) is 37.2 Å². The van der Waals surface area contributed by atoms with Crippen molar-refractivity contribution in [3.8, 4) is 11.5 Å². The molecule has 140 valence electrons. The summed E-state index contributed by atoms with van der Waals surface area (Å²) in [6.07, 6.45) is 0.885. The van der Waals surface area contributed by atoms with E-state index in [2.05, 4.69) is 22.0 Å². The highest BCUT2D eigenvalue weighted by Crippen LogP contribution is 2.34. The van der Waals surface area contributed by atoms with Gasteiger partial charge in [-0.2, -0.15) is 5.10 Å². The number of nitrogens with one attached hydrogen (secondary N) is 1. The number of aromatic nitrogens is 2. The zero-order valence-electron chi connectivity index (χ0n) is 15.4. The van der Waals surface area contributed by atoms with Gasteiger partial charge in [-0.1, -0.05) is 19.1 Å². The average molecular weight is 359 g/mol. The number of hydrogen-bond donors (Lipinski definition) is 2. The van der Waals surface area contributed by atoms with Gasteiger partial charge in [-0.05, 0) is 19.4 Å². The summed E-state index contributed by atoms with van der Waals surface area (Å²) in [5.74, 6) is 0.0416. The number of carboxylic acids is 1. The van der Waals surface area contributed by atoms with Crippen LogP contribution in [0.1, 0.15) is 36.4 Å². The van der Waals surface area contributed by atoms with E-state index in [9.17, 15) is 9.90 Å². The van der Waals surface area contributed by atoms with Gasteiger partial charge in [0.25, 0.3) is 0 Å². The van der Waals surface area contributed by atoms with E-state index in [1.165, 1.54) is 18.2 Å². The minimum absolute atomic E-state index is 0.499. The molecule has 2 aromatic rings. The Bertz CT molecular complexity index is 774. The predicted molar refractivity (Wildman–Crippen MR) is 96.5 cm³/mol. The number of hydrogen-bond acceptors (Lipinski definition) is 5. The molecule has 3 rings (SSSR count). The van der Waals surface area contributed by atoms with Crippen molar-refractivity contribution in [2.45, 2.75) is 45.9 Å². The molecule has 0 aliphatic carbocycles. The van der Waals surface area contributed by atoms with Gasteiger partial charge >= 0.3 is 5.97 Å². The van der Waals surface area contributed by atoms with Crippen molar-refractivity contribution in [2.75, 3.05) is 13.7 Å². The molecular weight excluding hydrogens is 334 g/mol. The third-order valence-electron chi connectivity index (χ3n) is 4.75. The van der Waals surface area contributed by atoms with Crippen LogP contribution < -0.4 is 9.47 Å². The van der Waals surface area contributed by atoms with Gasteiger partial charge in [0, 0.05) is 42.9 Å². The summed E-state index contributed by atoms with van der Waals surface area (Å²) in [4.78, 5) is 13.5. The van der Waals surface area contributed by atoms with Gasteiger partial charge in [-0.15, -0.1) is 0 Å². The first-order chi connectivity index (χ1) is 12.5. The van der Waals surface area contributed by atoms with Crippen LogP contribution in [0.5, 0.6) is 11.5 Å². The summed E-state index contributed by atoms with van der Waals surface area (Å²) in [5.41, 5.74) is 4.54. The number of fused-ring (bicyclic) bond motifs is 1. The molecule has 7 nitrogen and oxygen atoms in total. The molecular formula is C19H25N3O4. The van der Waals surface area contributed by atoms with Gasteiger partial charge in [0.2, 0.25) is 0 Å². The van der Waals surface area contributed by atoms with Crippen LogP contribution in [-0.4, -0.2) is 45.9 Å². The van der Waals surface area contributed by atoms with Gasteiger partial charge in [0.15, 0.2) is 17.6 Å². The number of carboxylic acid groups (broad SMARTS) is 1. The fourth-order valence-electron chi connectivity index (χ4n) is 3.29. The summed E-state index contributed by atoms with van der Waals surface area (Å²) in [7, 11) is 1.56. The van der Waals surface area contributed by atoms with Crippen LogP contribution in [0.3, 0.4) is 0 Å². The maximum atomic E-state index is 11.2. The molecule has 1 atom stereocenters. The third-order valence-corrected chi connectivity index (χ3v) is 4.75. The van der Waals surface area contributed by atoms with Crippen molar-refractivity contribution in [2.24, 2.45) is 0 Å². The second-order valence-electron chi connectivity index (χ2n) is 6.49. The van der Waals surface area contributed by atoms with Gasteiger partial charge < -0.3 is 14.6 Å². The second-order valence-corrected chi connectivity index (χ2v) is 6.49. The molecule has 1 aromatic carbocycles. The Morgan fingerprint density at radius 1 is 1.46 bits per heavy atom. The standard InChI is InChI=1S/C19H25N3O4/c1-4-15-14-11-22(9-8-16(14)21-20-15)10-13-6-5-7-17(25-3)18(13)26-12(2)19(23)24/h5-7,12H,4,8-11H2,1-3H3,(H,20,21)(H,23,24). The zero-order chi connectivity index (χ0) is 18.7. The highest BCUT2D eigenvalue weighted by Gasteiger charge is 2.24. The molecule has 0 bridgehead atoms. The molecule has 0 spiro atoms.